The van der Waals surface area contributed by atoms with Crippen molar-refractivity contribution in [2.24, 2.45) is 5.10 Å². The molecule has 3 nitrogen and oxygen atoms in total. The van der Waals surface area contributed by atoms with Crippen LogP contribution in [0.5, 0.6) is 0 Å². The van der Waals surface area contributed by atoms with Gasteiger partial charge in [0.15, 0.2) is 0 Å². The van der Waals surface area contributed by atoms with Gasteiger partial charge in [-0.15, -0.1) is 0 Å². The number of nitrogens with one attached hydrogen (secondary N) is 2. The first-order chi connectivity index (χ1) is 7.13. The van der Waals surface area contributed by atoms with Gasteiger partial charge in [0.1, 0.15) is 11.7 Å². The maximum absolute atomic E-state index is 13.3. The van der Waals surface area contributed by atoms with Crippen molar-refractivity contribution < 1.29 is 4.39 Å². The lowest BCUT2D eigenvalue weighted by Gasteiger charge is -2.05. The Labute approximate surface area is 89.4 Å². The van der Waals surface area contributed by atoms with Gasteiger partial charge in [0.2, 0.25) is 0 Å². The zero-order valence-electron chi connectivity index (χ0n) is 9.26. The molecule has 0 saturated carbocycles. The van der Waals surface area contributed by atoms with Crippen LogP contribution in [-0.2, 0) is 0 Å². The Bertz CT molecular complexity index is 361. The van der Waals surface area contributed by atoms with Crippen molar-refractivity contribution in [3.05, 3.63) is 29.6 Å². The van der Waals surface area contributed by atoms with Crippen molar-refractivity contribution in [1.82, 2.24) is 5.32 Å². The molecule has 0 aliphatic heterocycles. The molecule has 15 heavy (non-hydrogen) atoms. The maximum atomic E-state index is 13.3. The number of hydrogen-bond acceptors (Lipinski definition) is 2. The molecule has 2 N–H and O–H groups in total. The lowest BCUT2D eigenvalue weighted by Crippen LogP contribution is -2.20. The van der Waals surface area contributed by atoms with Crippen molar-refractivity contribution in [2.75, 3.05) is 12.0 Å². The van der Waals surface area contributed by atoms with Crippen LogP contribution in [0, 0.1) is 12.7 Å². The van der Waals surface area contributed by atoms with Gasteiger partial charge in [-0.3, -0.25) is 5.43 Å². The van der Waals surface area contributed by atoms with Crippen molar-refractivity contribution in [2.45, 2.75) is 20.8 Å². The zero-order valence-corrected chi connectivity index (χ0v) is 9.26. The molecule has 0 heterocycles. The molecule has 0 spiro atoms. The minimum Gasteiger partial charge on any atom is -0.373 e. The molecule has 4 heteroatoms. The average Bonchev–Trinajstić information content (AvgIpc) is 2.17. The topological polar surface area (TPSA) is 36.4 Å². The minimum atomic E-state index is -0.289. The third-order valence-electron chi connectivity index (χ3n) is 1.90. The van der Waals surface area contributed by atoms with Gasteiger partial charge in [-0.05, 0) is 38.5 Å². The van der Waals surface area contributed by atoms with E-state index in [1.165, 1.54) is 6.07 Å². The third-order valence-corrected chi connectivity index (χ3v) is 1.90. The summed E-state index contributed by atoms with van der Waals surface area (Å²) in [5.41, 5.74) is 3.96. The molecule has 0 unspecified atom stereocenters. The van der Waals surface area contributed by atoms with E-state index < -0.39 is 0 Å². The van der Waals surface area contributed by atoms with Crippen LogP contribution in [0.1, 0.15) is 19.4 Å². The van der Waals surface area contributed by atoms with Crippen molar-refractivity contribution in [3.63, 3.8) is 0 Å². The maximum Gasteiger partial charge on any atom is 0.148 e. The van der Waals surface area contributed by atoms with E-state index in [0.717, 1.165) is 17.9 Å². The molecule has 0 bridgehead atoms. The molecule has 0 aliphatic carbocycles. The van der Waals surface area contributed by atoms with Gasteiger partial charge in [-0.1, -0.05) is 6.07 Å². The largest absolute Gasteiger partial charge is 0.373 e. The molecule has 1 aromatic rings. The molecule has 82 valence electrons. The summed E-state index contributed by atoms with van der Waals surface area (Å²) in [5.74, 6) is 0.445. The summed E-state index contributed by atoms with van der Waals surface area (Å²) in [5, 5.41) is 7.00. The summed E-state index contributed by atoms with van der Waals surface area (Å²) in [6.07, 6.45) is 0. The Morgan fingerprint density at radius 1 is 1.47 bits per heavy atom. The number of hydrazone groups is 1. The van der Waals surface area contributed by atoms with Gasteiger partial charge in [-0.2, -0.15) is 5.10 Å². The van der Waals surface area contributed by atoms with Crippen LogP contribution in [0.4, 0.5) is 10.1 Å². The summed E-state index contributed by atoms with van der Waals surface area (Å²) in [6, 6.07) is 4.98. The third kappa shape index (κ3) is 3.58. The van der Waals surface area contributed by atoms with Crippen molar-refractivity contribution in [3.8, 4) is 0 Å². The molecular formula is C11H16FN3. The van der Waals surface area contributed by atoms with Crippen LogP contribution in [0.25, 0.3) is 0 Å². The number of nitrogens with zero attached hydrogens (tertiary/aromatic N) is 1. The second kappa shape index (κ2) is 5.34. The Kier molecular flexibility index (Phi) is 4.09. The molecule has 0 aliphatic rings. The fraction of sp³-hybridized carbons (Fsp3) is 0.364. The first kappa shape index (κ1) is 11.5. The highest BCUT2D eigenvalue weighted by Gasteiger charge is 2.00. The fourth-order valence-corrected chi connectivity index (χ4v) is 1.15. The smallest absolute Gasteiger partial charge is 0.148 e. The van der Waals surface area contributed by atoms with Crippen LogP contribution in [0.3, 0.4) is 0 Å². The Balaban J connectivity index is 2.69. The van der Waals surface area contributed by atoms with Gasteiger partial charge in [0.25, 0.3) is 0 Å². The molecule has 0 fully saturated rings. The van der Waals surface area contributed by atoms with Gasteiger partial charge in [-0.25, -0.2) is 4.39 Å². The Morgan fingerprint density at radius 3 is 2.80 bits per heavy atom. The minimum absolute atomic E-state index is 0.289. The zero-order chi connectivity index (χ0) is 11.3. The van der Waals surface area contributed by atoms with E-state index in [2.05, 4.69) is 15.8 Å². The molecular weight excluding hydrogens is 193 g/mol. The quantitative estimate of drug-likeness (QED) is 0.456. The number of amidine groups is 1. The van der Waals surface area contributed by atoms with Crippen LogP contribution in [0.2, 0.25) is 0 Å². The summed E-state index contributed by atoms with van der Waals surface area (Å²) in [6.45, 7) is 6.45. The second-order valence-corrected chi connectivity index (χ2v) is 3.32. The van der Waals surface area contributed by atoms with Crippen LogP contribution in [0.15, 0.2) is 23.3 Å². The number of anilines is 1. The van der Waals surface area contributed by atoms with Crippen LogP contribution >= 0.6 is 0 Å². The molecule has 0 saturated heterocycles. The molecule has 0 atom stereocenters. The summed E-state index contributed by atoms with van der Waals surface area (Å²) < 4.78 is 13.3. The molecule has 0 radical (unpaired) electrons. The van der Waals surface area contributed by atoms with E-state index in [-0.39, 0.29) is 5.82 Å². The number of hydrogen-bond donors (Lipinski definition) is 2. The van der Waals surface area contributed by atoms with Crippen LogP contribution in [-0.4, -0.2) is 12.4 Å². The highest BCUT2D eigenvalue weighted by Crippen LogP contribution is 2.14. The normalized spacial score (nSPS) is 11.3. The van der Waals surface area contributed by atoms with Gasteiger partial charge in [0.05, 0.1) is 5.69 Å². The molecule has 1 aromatic carbocycles. The number of aryl methyl sites for hydroxylation is 1. The van der Waals surface area contributed by atoms with E-state index in [1.54, 1.807) is 6.07 Å². The lowest BCUT2D eigenvalue weighted by molar-refractivity contribution is 0.629. The Morgan fingerprint density at radius 2 is 2.20 bits per heavy atom. The average molecular weight is 209 g/mol. The number of benzene rings is 1. The summed E-state index contributed by atoms with van der Waals surface area (Å²) in [4.78, 5) is 0. The van der Waals surface area contributed by atoms with E-state index in [1.807, 2.05) is 26.8 Å². The van der Waals surface area contributed by atoms with E-state index in [9.17, 15) is 4.39 Å². The first-order valence-corrected chi connectivity index (χ1v) is 4.93. The Hall–Kier alpha value is -1.58. The number of halogens is 1. The summed E-state index contributed by atoms with van der Waals surface area (Å²) in [7, 11) is 0. The molecule has 1 rings (SSSR count). The highest BCUT2D eigenvalue weighted by molar-refractivity contribution is 5.80. The van der Waals surface area contributed by atoms with Gasteiger partial charge in [0, 0.05) is 6.54 Å². The fourth-order valence-electron chi connectivity index (χ4n) is 1.15. The molecule has 0 amide bonds. The molecule has 0 aromatic heterocycles. The SMILES string of the molecule is CCN/C(C)=N\Nc1ccc(C)cc1F. The lowest BCUT2D eigenvalue weighted by atomic mass is 10.2. The summed E-state index contributed by atoms with van der Waals surface area (Å²) >= 11 is 0. The van der Waals surface area contributed by atoms with Crippen molar-refractivity contribution in [1.29, 1.82) is 0 Å². The number of rotatable bonds is 3. The van der Waals surface area contributed by atoms with Gasteiger partial charge < -0.3 is 5.32 Å². The van der Waals surface area contributed by atoms with E-state index in [4.69, 9.17) is 0 Å². The highest BCUT2D eigenvalue weighted by atomic mass is 19.1. The van der Waals surface area contributed by atoms with Crippen LogP contribution < -0.4 is 10.7 Å². The van der Waals surface area contributed by atoms with E-state index >= 15 is 0 Å². The van der Waals surface area contributed by atoms with Gasteiger partial charge >= 0.3 is 0 Å². The monoisotopic (exact) mass is 209 g/mol. The predicted molar refractivity (Wildman–Crippen MR) is 61.5 cm³/mol. The van der Waals surface area contributed by atoms with E-state index in [0.29, 0.717) is 5.69 Å². The van der Waals surface area contributed by atoms with Crippen molar-refractivity contribution >= 4 is 11.5 Å². The first-order valence-electron chi connectivity index (χ1n) is 4.93. The second-order valence-electron chi connectivity index (χ2n) is 3.32. The standard InChI is InChI=1S/C11H16FN3/c1-4-13-9(3)14-15-11-6-5-8(2)7-10(11)12/h5-7,15H,4H2,1-3H3,(H,13,14). The predicted octanol–water partition coefficient (Wildman–Crippen LogP) is 2.49.